The summed E-state index contributed by atoms with van der Waals surface area (Å²) in [5.74, 6) is 0.269. The summed E-state index contributed by atoms with van der Waals surface area (Å²) in [6.45, 7) is 13.6. The van der Waals surface area contributed by atoms with Gasteiger partial charge in [0.2, 0.25) is 0 Å². The van der Waals surface area contributed by atoms with Crippen LogP contribution in [-0.2, 0) is 32.4 Å². The Balaban J connectivity index is 2.21. The maximum Gasteiger partial charge on any atom is 0.345 e. The topological polar surface area (TPSA) is 47.6 Å². The number of alkyl halides is 2. The molecule has 0 amide bonds. The second kappa shape index (κ2) is 9.67. The summed E-state index contributed by atoms with van der Waals surface area (Å²) < 4.78 is 54.9. The monoisotopic (exact) mass is 547 g/mol. The number of rotatable bonds is 7. The second-order valence-electron chi connectivity index (χ2n) is 10.6. The fraction of sp³-hybridized carbons (Fsp3) is 0.680. The Kier molecular flexibility index (Phi) is 7.84. The first-order chi connectivity index (χ1) is 15.3. The molecule has 186 valence electrons. The molecule has 1 aromatic rings. The lowest BCUT2D eigenvalue weighted by atomic mass is 9.56. The van der Waals surface area contributed by atoms with Gasteiger partial charge in [0.05, 0.1) is 28.4 Å². The molecule has 0 bridgehead atoms. The van der Waals surface area contributed by atoms with Gasteiger partial charge in [-0.3, -0.25) is 0 Å². The van der Waals surface area contributed by atoms with Gasteiger partial charge in [-0.15, -0.1) is 0 Å². The van der Waals surface area contributed by atoms with Crippen LogP contribution in [0.2, 0.25) is 0 Å². The maximum absolute atomic E-state index is 13.6. The van der Waals surface area contributed by atoms with Gasteiger partial charge in [-0.05, 0) is 82.1 Å². The molecule has 0 heterocycles. The number of fused-ring (bicyclic) bond motifs is 1. The Labute approximate surface area is 207 Å². The molecule has 0 saturated heterocycles. The molecule has 1 aromatic carbocycles. The van der Waals surface area contributed by atoms with Crippen molar-refractivity contribution in [3.05, 3.63) is 46.1 Å². The fourth-order valence-electron chi connectivity index (χ4n) is 6.02. The predicted molar refractivity (Wildman–Crippen MR) is 132 cm³/mol. The van der Waals surface area contributed by atoms with Gasteiger partial charge >= 0.3 is 6.61 Å². The lowest BCUT2D eigenvalue weighted by Gasteiger charge is -2.54. The second-order valence-corrected chi connectivity index (χ2v) is 13.5. The van der Waals surface area contributed by atoms with Gasteiger partial charge in [-0.1, -0.05) is 42.4 Å². The zero-order valence-corrected chi connectivity index (χ0v) is 22.7. The molecule has 3 rings (SSSR count). The van der Waals surface area contributed by atoms with Crippen LogP contribution in [0.1, 0.15) is 65.5 Å². The number of halogens is 3. The number of ether oxygens (including phenoxy) is 2. The summed E-state index contributed by atoms with van der Waals surface area (Å²) in [6.07, 6.45) is 1.40. The van der Waals surface area contributed by atoms with Crippen molar-refractivity contribution in [1.82, 2.24) is 4.72 Å². The van der Waals surface area contributed by atoms with Crippen molar-refractivity contribution in [1.29, 1.82) is 0 Å². The van der Waals surface area contributed by atoms with E-state index >= 15 is 0 Å². The van der Waals surface area contributed by atoms with E-state index in [0.717, 1.165) is 15.6 Å². The lowest BCUT2D eigenvalue weighted by Crippen LogP contribution is -2.61. The van der Waals surface area contributed by atoms with Crippen molar-refractivity contribution < 1.29 is 22.5 Å². The van der Waals surface area contributed by atoms with Crippen LogP contribution >= 0.6 is 15.9 Å². The van der Waals surface area contributed by atoms with Crippen LogP contribution < -0.4 is 4.72 Å². The fourth-order valence-corrected chi connectivity index (χ4v) is 7.41. The summed E-state index contributed by atoms with van der Waals surface area (Å²) in [4.78, 5) is 0. The molecule has 1 saturated carbocycles. The van der Waals surface area contributed by atoms with E-state index in [4.69, 9.17) is 9.47 Å². The van der Waals surface area contributed by atoms with Gasteiger partial charge < -0.3 is 9.47 Å². The quantitative estimate of drug-likeness (QED) is 0.398. The molecular formula is C25H36BrF2NO3S. The molecule has 2 aliphatic carbocycles. The molecular weight excluding hydrogens is 512 g/mol. The maximum atomic E-state index is 13.6. The van der Waals surface area contributed by atoms with E-state index in [2.05, 4.69) is 39.4 Å². The van der Waals surface area contributed by atoms with Crippen LogP contribution in [0, 0.1) is 17.3 Å². The first-order valence-corrected chi connectivity index (χ1v) is 13.5. The largest absolute Gasteiger partial charge is 0.496 e. The third-order valence-corrected chi connectivity index (χ3v) is 9.24. The molecule has 33 heavy (non-hydrogen) atoms. The highest BCUT2D eigenvalue weighted by molar-refractivity contribution is 9.10. The smallest absolute Gasteiger partial charge is 0.345 e. The Morgan fingerprint density at radius 2 is 1.91 bits per heavy atom. The Bertz CT molecular complexity index is 907. The zero-order valence-electron chi connectivity index (χ0n) is 20.3. The highest BCUT2D eigenvalue weighted by Crippen LogP contribution is 2.63. The van der Waals surface area contributed by atoms with Gasteiger partial charge in [0.25, 0.3) is 0 Å². The van der Waals surface area contributed by atoms with E-state index in [-0.39, 0.29) is 11.8 Å². The minimum atomic E-state index is -2.81. The minimum absolute atomic E-state index is 0.126. The molecule has 8 heteroatoms. The number of hydrogen-bond donors (Lipinski definition) is 1. The predicted octanol–water partition coefficient (Wildman–Crippen LogP) is 6.46. The summed E-state index contributed by atoms with van der Waals surface area (Å²) >= 11 is 3.61. The third-order valence-electron chi connectivity index (χ3n) is 7.15. The van der Waals surface area contributed by atoms with Gasteiger partial charge in [0.15, 0.2) is 0 Å². The third kappa shape index (κ3) is 4.82. The zero-order chi connectivity index (χ0) is 24.8. The van der Waals surface area contributed by atoms with Crippen LogP contribution in [0.25, 0.3) is 0 Å². The standard InChI is InChI=1S/C25H36BrF2NO3S/c1-8-31-17(4)25(29-33(30)23(5,6)7)20-11-19(26)10-9-18(20)14-24(25)12-15(2)21(16(3)13-24)32-22(27)28/h9-11,15-16,21-22,29H,4,8,12-14H2,1-3,5-7H3/t15-,16+,21?,24?,25-,33-/m0/s1. The molecule has 1 fully saturated rings. The Morgan fingerprint density at radius 3 is 2.42 bits per heavy atom. The van der Waals surface area contributed by atoms with E-state index in [1.807, 2.05) is 47.6 Å². The summed E-state index contributed by atoms with van der Waals surface area (Å²) in [6, 6.07) is 6.14. The number of nitrogens with one attached hydrogen (secondary N) is 1. The molecule has 0 aliphatic heterocycles. The summed E-state index contributed by atoms with van der Waals surface area (Å²) in [5.41, 5.74) is 0.730. The van der Waals surface area contributed by atoms with Crippen molar-refractivity contribution >= 4 is 26.9 Å². The van der Waals surface area contributed by atoms with Gasteiger partial charge in [0, 0.05) is 9.89 Å². The molecule has 0 aromatic heterocycles. The highest BCUT2D eigenvalue weighted by atomic mass is 79.9. The van der Waals surface area contributed by atoms with E-state index in [0.29, 0.717) is 31.6 Å². The molecule has 1 spiro atoms. The molecule has 2 unspecified atom stereocenters. The average molecular weight is 549 g/mol. The van der Waals surface area contributed by atoms with Crippen molar-refractivity contribution in [2.75, 3.05) is 6.61 Å². The van der Waals surface area contributed by atoms with Crippen LogP contribution in [0.5, 0.6) is 0 Å². The molecule has 1 N–H and O–H groups in total. The van der Waals surface area contributed by atoms with E-state index in [1.54, 1.807) is 0 Å². The van der Waals surface area contributed by atoms with Gasteiger partial charge in [-0.25, -0.2) is 8.93 Å². The SMILES string of the molecule is C=C(OCC)[C@]1(N[S@@](=O)C(C)(C)C)c2cc(Br)ccc2CC12C[C@@H](C)C(OC(F)F)[C@@H](C)C2. The lowest BCUT2D eigenvalue weighted by molar-refractivity contribution is -0.208. The van der Waals surface area contributed by atoms with Crippen molar-refractivity contribution in [3.8, 4) is 0 Å². The van der Waals surface area contributed by atoms with Crippen LogP contribution in [0.3, 0.4) is 0 Å². The first-order valence-electron chi connectivity index (χ1n) is 11.5. The summed E-state index contributed by atoms with van der Waals surface area (Å²) in [7, 11) is -1.43. The Hall–Kier alpha value is -0.830. The molecule has 6 atom stereocenters. The molecule has 2 aliphatic rings. The van der Waals surface area contributed by atoms with Crippen molar-refractivity contribution in [2.45, 2.75) is 83.8 Å². The van der Waals surface area contributed by atoms with Gasteiger partial charge in [0.1, 0.15) is 11.3 Å². The molecule has 0 radical (unpaired) electrons. The number of benzene rings is 1. The average Bonchev–Trinajstić information content (AvgIpc) is 2.93. The van der Waals surface area contributed by atoms with Crippen molar-refractivity contribution in [3.63, 3.8) is 0 Å². The van der Waals surface area contributed by atoms with Crippen LogP contribution in [0.4, 0.5) is 8.78 Å². The first kappa shape index (κ1) is 26.8. The minimum Gasteiger partial charge on any atom is -0.496 e. The molecule has 4 nitrogen and oxygen atoms in total. The van der Waals surface area contributed by atoms with Crippen LogP contribution in [-0.4, -0.2) is 28.3 Å². The van der Waals surface area contributed by atoms with Gasteiger partial charge in [-0.2, -0.15) is 8.78 Å². The van der Waals surface area contributed by atoms with Crippen molar-refractivity contribution in [2.24, 2.45) is 17.3 Å². The summed E-state index contributed by atoms with van der Waals surface area (Å²) in [5, 5.41) is 0. The Morgan fingerprint density at radius 1 is 1.30 bits per heavy atom. The number of hydrogen-bond acceptors (Lipinski definition) is 3. The van der Waals surface area contributed by atoms with E-state index in [9.17, 15) is 13.0 Å². The normalized spacial score (nSPS) is 32.7. The van der Waals surface area contributed by atoms with Crippen LogP contribution in [0.15, 0.2) is 35.0 Å². The highest BCUT2D eigenvalue weighted by Gasteiger charge is 2.64. The van der Waals surface area contributed by atoms with E-state index < -0.39 is 39.4 Å². The van der Waals surface area contributed by atoms with E-state index in [1.165, 1.54) is 0 Å².